The van der Waals surface area contributed by atoms with E-state index in [0.29, 0.717) is 0 Å². The number of aliphatic hydroxyl groups is 1. The van der Waals surface area contributed by atoms with Crippen LogP contribution >= 0.6 is 11.6 Å². The molecular formula is C8H13ClO4. The summed E-state index contributed by atoms with van der Waals surface area (Å²) >= 11 is 5.50. The summed E-state index contributed by atoms with van der Waals surface area (Å²) in [5.74, 6) is -1.13. The Morgan fingerprint density at radius 2 is 2.08 bits per heavy atom. The number of ether oxygens (including phenoxy) is 1. The molecule has 0 amide bonds. The van der Waals surface area contributed by atoms with Crippen molar-refractivity contribution in [3.63, 3.8) is 0 Å². The Morgan fingerprint density at radius 3 is 2.46 bits per heavy atom. The van der Waals surface area contributed by atoms with Gasteiger partial charge in [0.2, 0.25) is 0 Å². The standard InChI is InChI=1S/C8H13ClO4/c1-3-13-7(12)4-6(11)8(9)5(2)10/h5,8,10H,3-4H2,1-2H3. The van der Waals surface area contributed by atoms with Crippen molar-refractivity contribution in [1.29, 1.82) is 0 Å². The zero-order chi connectivity index (χ0) is 10.4. The zero-order valence-electron chi connectivity index (χ0n) is 7.62. The van der Waals surface area contributed by atoms with Crippen molar-refractivity contribution in [2.24, 2.45) is 0 Å². The van der Waals surface area contributed by atoms with Gasteiger partial charge in [-0.3, -0.25) is 9.59 Å². The summed E-state index contributed by atoms with van der Waals surface area (Å²) in [6.07, 6.45) is -1.34. The number of hydrogen-bond acceptors (Lipinski definition) is 4. The second-order valence-corrected chi connectivity index (χ2v) is 3.06. The molecule has 0 radical (unpaired) electrons. The lowest BCUT2D eigenvalue weighted by Gasteiger charge is -2.10. The molecule has 2 unspecified atom stereocenters. The highest BCUT2D eigenvalue weighted by Gasteiger charge is 2.23. The molecule has 0 aliphatic rings. The highest BCUT2D eigenvalue weighted by Crippen LogP contribution is 2.06. The van der Waals surface area contributed by atoms with Gasteiger partial charge in [-0.1, -0.05) is 0 Å². The van der Waals surface area contributed by atoms with Gasteiger partial charge >= 0.3 is 5.97 Å². The third-order valence-electron chi connectivity index (χ3n) is 1.36. The van der Waals surface area contributed by atoms with Gasteiger partial charge in [-0.15, -0.1) is 11.6 Å². The van der Waals surface area contributed by atoms with Crippen LogP contribution in [-0.4, -0.2) is 34.9 Å². The first kappa shape index (κ1) is 12.4. The monoisotopic (exact) mass is 208 g/mol. The van der Waals surface area contributed by atoms with Gasteiger partial charge in [0.1, 0.15) is 11.8 Å². The smallest absolute Gasteiger partial charge is 0.313 e. The van der Waals surface area contributed by atoms with Crippen molar-refractivity contribution in [2.75, 3.05) is 6.61 Å². The van der Waals surface area contributed by atoms with Gasteiger partial charge in [0.05, 0.1) is 12.7 Å². The van der Waals surface area contributed by atoms with E-state index >= 15 is 0 Å². The van der Waals surface area contributed by atoms with Gasteiger partial charge in [-0.25, -0.2) is 0 Å². The van der Waals surface area contributed by atoms with Crippen LogP contribution in [0.1, 0.15) is 20.3 Å². The van der Waals surface area contributed by atoms with Crippen LogP contribution in [0.25, 0.3) is 0 Å². The van der Waals surface area contributed by atoms with E-state index in [1.165, 1.54) is 6.92 Å². The summed E-state index contributed by atoms with van der Waals surface area (Å²) in [6, 6.07) is 0. The van der Waals surface area contributed by atoms with E-state index in [1.807, 2.05) is 0 Å². The van der Waals surface area contributed by atoms with Crippen LogP contribution in [0, 0.1) is 0 Å². The average Bonchev–Trinajstić information content (AvgIpc) is 2.03. The number of hydrogen-bond donors (Lipinski definition) is 1. The molecule has 0 saturated heterocycles. The number of Topliss-reactive ketones (excluding diaryl/α,β-unsaturated/α-hetero) is 1. The lowest BCUT2D eigenvalue weighted by Crippen LogP contribution is -2.28. The van der Waals surface area contributed by atoms with Crippen molar-refractivity contribution < 1.29 is 19.4 Å². The molecule has 4 nitrogen and oxygen atoms in total. The molecular weight excluding hydrogens is 196 g/mol. The molecule has 0 fully saturated rings. The normalized spacial score (nSPS) is 14.8. The molecule has 76 valence electrons. The van der Waals surface area contributed by atoms with Crippen LogP contribution < -0.4 is 0 Å². The van der Waals surface area contributed by atoms with Crippen LogP contribution in [0.3, 0.4) is 0 Å². The maximum Gasteiger partial charge on any atom is 0.313 e. The van der Waals surface area contributed by atoms with E-state index < -0.39 is 23.2 Å². The molecule has 1 N–H and O–H groups in total. The first-order valence-corrected chi connectivity index (χ1v) is 4.43. The van der Waals surface area contributed by atoms with Crippen LogP contribution in [0.15, 0.2) is 0 Å². The highest BCUT2D eigenvalue weighted by atomic mass is 35.5. The molecule has 5 heteroatoms. The minimum atomic E-state index is -1.04. The molecule has 0 rings (SSSR count). The van der Waals surface area contributed by atoms with Crippen molar-refractivity contribution in [3.8, 4) is 0 Å². The fraction of sp³-hybridized carbons (Fsp3) is 0.750. The number of halogens is 1. The van der Waals surface area contributed by atoms with E-state index in [2.05, 4.69) is 4.74 Å². The molecule has 0 bridgehead atoms. The first-order chi connectivity index (χ1) is 5.99. The average molecular weight is 209 g/mol. The van der Waals surface area contributed by atoms with Crippen LogP contribution in [0.5, 0.6) is 0 Å². The molecule has 0 saturated carbocycles. The van der Waals surface area contributed by atoms with Gasteiger partial charge in [0, 0.05) is 0 Å². The summed E-state index contributed by atoms with van der Waals surface area (Å²) in [5, 5.41) is 7.89. The summed E-state index contributed by atoms with van der Waals surface area (Å²) in [6.45, 7) is 3.27. The summed E-state index contributed by atoms with van der Waals surface area (Å²) < 4.78 is 4.54. The quantitative estimate of drug-likeness (QED) is 0.406. The van der Waals surface area contributed by atoms with Crippen molar-refractivity contribution in [3.05, 3.63) is 0 Å². The summed E-state index contributed by atoms with van der Waals surface area (Å²) in [5.41, 5.74) is 0. The molecule has 0 aliphatic carbocycles. The second kappa shape index (κ2) is 5.94. The van der Waals surface area contributed by atoms with Crippen LogP contribution in [0.4, 0.5) is 0 Å². The summed E-state index contributed by atoms with van der Waals surface area (Å²) in [7, 11) is 0. The van der Waals surface area contributed by atoms with Crippen molar-refractivity contribution in [2.45, 2.75) is 31.7 Å². The fourth-order valence-electron chi connectivity index (χ4n) is 0.721. The first-order valence-electron chi connectivity index (χ1n) is 3.99. The third-order valence-corrected chi connectivity index (χ3v) is 1.96. The van der Waals surface area contributed by atoms with Crippen molar-refractivity contribution >= 4 is 23.4 Å². The Morgan fingerprint density at radius 1 is 1.54 bits per heavy atom. The van der Waals surface area contributed by atoms with Gasteiger partial charge in [0.25, 0.3) is 0 Å². The lowest BCUT2D eigenvalue weighted by molar-refractivity contribution is -0.145. The van der Waals surface area contributed by atoms with Gasteiger partial charge in [-0.2, -0.15) is 0 Å². The minimum absolute atomic E-state index is 0.230. The van der Waals surface area contributed by atoms with E-state index in [-0.39, 0.29) is 13.0 Å². The van der Waals surface area contributed by atoms with Gasteiger partial charge in [-0.05, 0) is 13.8 Å². The molecule has 0 aromatic heterocycles. The fourth-order valence-corrected chi connectivity index (χ4v) is 0.798. The van der Waals surface area contributed by atoms with Gasteiger partial charge in [0.15, 0.2) is 5.78 Å². The van der Waals surface area contributed by atoms with Crippen LogP contribution in [0.2, 0.25) is 0 Å². The molecule has 0 aromatic rings. The maximum absolute atomic E-state index is 11.1. The third kappa shape index (κ3) is 4.85. The predicted octanol–water partition coefficient (Wildman–Crippen LogP) is 0.497. The zero-order valence-corrected chi connectivity index (χ0v) is 8.37. The van der Waals surface area contributed by atoms with Gasteiger partial charge < -0.3 is 9.84 Å². The highest BCUT2D eigenvalue weighted by molar-refractivity contribution is 6.32. The van der Waals surface area contributed by atoms with Crippen molar-refractivity contribution in [1.82, 2.24) is 0 Å². The second-order valence-electron chi connectivity index (χ2n) is 2.59. The number of aliphatic hydroxyl groups excluding tert-OH is 1. The summed E-state index contributed by atoms with van der Waals surface area (Å²) in [4.78, 5) is 21.9. The lowest BCUT2D eigenvalue weighted by atomic mass is 10.1. The van der Waals surface area contributed by atoms with Crippen LogP contribution in [-0.2, 0) is 14.3 Å². The molecule has 0 spiro atoms. The molecule has 0 aliphatic heterocycles. The molecule has 13 heavy (non-hydrogen) atoms. The van der Waals surface area contributed by atoms with E-state index in [9.17, 15) is 9.59 Å². The SMILES string of the molecule is CCOC(=O)CC(=O)C(Cl)C(C)O. The largest absolute Gasteiger partial charge is 0.466 e. The Labute approximate surface area is 81.8 Å². The molecule has 0 aromatic carbocycles. The Bertz CT molecular complexity index is 191. The number of carbonyl (C=O) groups excluding carboxylic acids is 2. The van der Waals surface area contributed by atoms with E-state index in [0.717, 1.165) is 0 Å². The Hall–Kier alpha value is -0.610. The molecule has 2 atom stereocenters. The molecule has 0 heterocycles. The maximum atomic E-state index is 11.1. The Kier molecular flexibility index (Phi) is 5.66. The number of esters is 1. The van der Waals surface area contributed by atoms with E-state index in [1.54, 1.807) is 6.92 Å². The number of carbonyl (C=O) groups is 2. The minimum Gasteiger partial charge on any atom is -0.466 e. The number of ketones is 1. The topological polar surface area (TPSA) is 63.6 Å². The number of rotatable bonds is 5. The predicted molar refractivity (Wildman–Crippen MR) is 47.6 cm³/mol. The van der Waals surface area contributed by atoms with E-state index in [4.69, 9.17) is 16.7 Å². The number of alkyl halides is 1. The Balaban J connectivity index is 3.93.